The lowest BCUT2D eigenvalue weighted by molar-refractivity contribution is 0.0771. The van der Waals surface area contributed by atoms with Crippen molar-refractivity contribution in [1.29, 1.82) is 0 Å². The molecule has 0 heterocycles. The molecule has 1 unspecified atom stereocenters. The average molecular weight is 290 g/mol. The van der Waals surface area contributed by atoms with Crippen molar-refractivity contribution in [2.75, 3.05) is 20.1 Å². The Morgan fingerprint density at radius 2 is 1.62 bits per heavy atom. The summed E-state index contributed by atoms with van der Waals surface area (Å²) in [5.41, 5.74) is 1.79. The van der Waals surface area contributed by atoms with Crippen LogP contribution in [0.5, 0.6) is 0 Å². The van der Waals surface area contributed by atoms with Crippen LogP contribution in [0.25, 0.3) is 0 Å². The van der Waals surface area contributed by atoms with E-state index < -0.39 is 0 Å². The van der Waals surface area contributed by atoms with Crippen LogP contribution in [0.1, 0.15) is 59.6 Å². The van der Waals surface area contributed by atoms with Crippen molar-refractivity contribution in [3.05, 3.63) is 35.9 Å². The molecule has 0 aromatic heterocycles. The maximum Gasteiger partial charge on any atom is 0.0384 e. The van der Waals surface area contributed by atoms with Gasteiger partial charge in [-0.3, -0.25) is 0 Å². The Morgan fingerprint density at radius 3 is 2.10 bits per heavy atom. The normalized spacial score (nSPS) is 14.5. The van der Waals surface area contributed by atoms with Gasteiger partial charge >= 0.3 is 0 Å². The molecule has 0 fully saturated rings. The van der Waals surface area contributed by atoms with Crippen LogP contribution in [0.3, 0.4) is 0 Å². The van der Waals surface area contributed by atoms with Crippen molar-refractivity contribution >= 4 is 0 Å². The Balaban J connectivity index is 2.95. The van der Waals surface area contributed by atoms with Crippen LogP contribution in [0.15, 0.2) is 30.3 Å². The van der Waals surface area contributed by atoms with Gasteiger partial charge in [0.15, 0.2) is 0 Å². The van der Waals surface area contributed by atoms with E-state index in [9.17, 15) is 0 Å². The van der Waals surface area contributed by atoms with Crippen molar-refractivity contribution < 1.29 is 0 Å². The molecule has 1 N–H and O–H groups in total. The van der Waals surface area contributed by atoms with Crippen LogP contribution >= 0.6 is 0 Å². The van der Waals surface area contributed by atoms with Gasteiger partial charge in [-0.05, 0) is 44.8 Å². The van der Waals surface area contributed by atoms with Gasteiger partial charge in [0, 0.05) is 18.1 Å². The van der Waals surface area contributed by atoms with Crippen molar-refractivity contribution in [2.45, 2.75) is 59.5 Å². The summed E-state index contributed by atoms with van der Waals surface area (Å²) in [6.07, 6.45) is 1.16. The molecular formula is C19H34N2. The third-order valence-corrected chi connectivity index (χ3v) is 4.87. The van der Waals surface area contributed by atoms with Crippen LogP contribution < -0.4 is 5.32 Å². The van der Waals surface area contributed by atoms with E-state index in [0.29, 0.717) is 6.04 Å². The molecule has 2 heteroatoms. The molecule has 0 saturated carbocycles. The van der Waals surface area contributed by atoms with Crippen LogP contribution in [-0.2, 0) is 0 Å². The first kappa shape index (κ1) is 18.2. The second-order valence-corrected chi connectivity index (χ2v) is 7.41. The Morgan fingerprint density at radius 1 is 1.05 bits per heavy atom. The van der Waals surface area contributed by atoms with Crippen LogP contribution in [0.4, 0.5) is 0 Å². The van der Waals surface area contributed by atoms with Crippen LogP contribution in [-0.4, -0.2) is 30.6 Å². The summed E-state index contributed by atoms with van der Waals surface area (Å²) < 4.78 is 0. The molecule has 1 atom stereocenters. The van der Waals surface area contributed by atoms with E-state index in [-0.39, 0.29) is 11.0 Å². The van der Waals surface area contributed by atoms with Gasteiger partial charge in [-0.2, -0.15) is 0 Å². The third-order valence-electron chi connectivity index (χ3n) is 4.87. The van der Waals surface area contributed by atoms with Gasteiger partial charge in [-0.15, -0.1) is 0 Å². The van der Waals surface area contributed by atoms with E-state index in [2.05, 4.69) is 89.1 Å². The number of hydrogen-bond acceptors (Lipinski definition) is 2. The molecule has 0 radical (unpaired) electrons. The lowest BCUT2D eigenvalue weighted by Gasteiger charge is -2.44. The van der Waals surface area contributed by atoms with E-state index in [1.807, 2.05) is 0 Å². The van der Waals surface area contributed by atoms with Gasteiger partial charge in [-0.25, -0.2) is 0 Å². The number of benzene rings is 1. The molecule has 1 aromatic carbocycles. The zero-order valence-corrected chi connectivity index (χ0v) is 15.0. The highest BCUT2D eigenvalue weighted by atomic mass is 15.2. The molecule has 0 amide bonds. The fraction of sp³-hybridized carbons (Fsp3) is 0.684. The van der Waals surface area contributed by atoms with Crippen molar-refractivity contribution in [1.82, 2.24) is 10.2 Å². The first-order valence-corrected chi connectivity index (χ1v) is 8.24. The summed E-state index contributed by atoms with van der Waals surface area (Å²) >= 11 is 0. The van der Waals surface area contributed by atoms with Gasteiger partial charge in [0.05, 0.1) is 0 Å². The second-order valence-electron chi connectivity index (χ2n) is 7.41. The molecule has 0 aliphatic heterocycles. The van der Waals surface area contributed by atoms with Crippen molar-refractivity contribution in [3.63, 3.8) is 0 Å². The highest BCUT2D eigenvalue weighted by Crippen LogP contribution is 2.35. The molecule has 0 saturated heterocycles. The number of rotatable bonds is 8. The third kappa shape index (κ3) is 4.82. The zero-order chi connectivity index (χ0) is 16.1. The minimum absolute atomic E-state index is 0.165. The van der Waals surface area contributed by atoms with Gasteiger partial charge < -0.3 is 10.2 Å². The predicted molar refractivity (Wildman–Crippen MR) is 93.6 cm³/mol. The summed E-state index contributed by atoms with van der Waals surface area (Å²) in [6, 6.07) is 11.2. The summed E-state index contributed by atoms with van der Waals surface area (Å²) in [7, 11) is 2.25. The topological polar surface area (TPSA) is 15.3 Å². The number of nitrogens with one attached hydrogen (secondary N) is 1. The van der Waals surface area contributed by atoms with E-state index in [1.54, 1.807) is 0 Å². The molecule has 0 aliphatic carbocycles. The monoisotopic (exact) mass is 290 g/mol. The first-order chi connectivity index (χ1) is 9.74. The highest BCUT2D eigenvalue weighted by molar-refractivity contribution is 5.21. The van der Waals surface area contributed by atoms with E-state index in [1.165, 1.54) is 5.56 Å². The summed E-state index contributed by atoms with van der Waals surface area (Å²) in [5, 5.41) is 3.69. The molecule has 120 valence electrons. The quantitative estimate of drug-likeness (QED) is 0.759. The van der Waals surface area contributed by atoms with Crippen LogP contribution in [0.2, 0.25) is 0 Å². The van der Waals surface area contributed by atoms with E-state index in [4.69, 9.17) is 0 Å². The lowest BCUT2D eigenvalue weighted by Crippen LogP contribution is -2.48. The highest BCUT2D eigenvalue weighted by Gasteiger charge is 2.34. The Kier molecular flexibility index (Phi) is 6.42. The van der Waals surface area contributed by atoms with Gasteiger partial charge in [0.25, 0.3) is 0 Å². The van der Waals surface area contributed by atoms with Gasteiger partial charge in [-0.1, -0.05) is 58.0 Å². The molecule has 2 nitrogen and oxygen atoms in total. The first-order valence-electron chi connectivity index (χ1n) is 8.24. The van der Waals surface area contributed by atoms with E-state index >= 15 is 0 Å². The minimum Gasteiger partial charge on any atom is -0.310 e. The number of hydrogen-bond donors (Lipinski definition) is 1. The SMILES string of the molecule is CCNC(c1ccccc1)C(C)(C)CN(C)C(C)(C)CC. The predicted octanol–water partition coefficient (Wildman–Crippen LogP) is 4.48. The maximum atomic E-state index is 3.69. The maximum absolute atomic E-state index is 3.69. The summed E-state index contributed by atoms with van der Waals surface area (Å²) in [4.78, 5) is 2.50. The molecular weight excluding hydrogens is 256 g/mol. The molecule has 1 rings (SSSR count). The molecule has 0 spiro atoms. The fourth-order valence-corrected chi connectivity index (χ4v) is 2.88. The molecule has 21 heavy (non-hydrogen) atoms. The van der Waals surface area contributed by atoms with Crippen LogP contribution in [0, 0.1) is 5.41 Å². The minimum atomic E-state index is 0.165. The van der Waals surface area contributed by atoms with Crippen molar-refractivity contribution in [3.8, 4) is 0 Å². The average Bonchev–Trinajstić information content (AvgIpc) is 2.44. The second kappa shape index (κ2) is 7.42. The lowest BCUT2D eigenvalue weighted by atomic mass is 9.79. The zero-order valence-electron chi connectivity index (χ0n) is 15.0. The molecule has 0 aliphatic rings. The molecule has 0 bridgehead atoms. The van der Waals surface area contributed by atoms with E-state index in [0.717, 1.165) is 19.5 Å². The Bertz CT molecular complexity index is 409. The van der Waals surface area contributed by atoms with Gasteiger partial charge in [0.1, 0.15) is 0 Å². The van der Waals surface area contributed by atoms with Gasteiger partial charge in [0.2, 0.25) is 0 Å². The molecule has 1 aromatic rings. The standard InChI is InChI=1S/C19H34N2/c1-8-19(5,6)21(7)15-18(3,4)17(20-9-2)16-13-11-10-12-14-16/h10-14,17,20H,8-9,15H2,1-7H3. The Hall–Kier alpha value is -0.860. The largest absolute Gasteiger partial charge is 0.310 e. The fourth-order valence-electron chi connectivity index (χ4n) is 2.88. The number of nitrogens with zero attached hydrogens (tertiary/aromatic N) is 1. The summed E-state index contributed by atoms with van der Waals surface area (Å²) in [5.74, 6) is 0. The Labute approximate surface area is 131 Å². The smallest absolute Gasteiger partial charge is 0.0384 e. The summed E-state index contributed by atoms with van der Waals surface area (Å²) in [6.45, 7) is 15.9. The van der Waals surface area contributed by atoms with Crippen molar-refractivity contribution in [2.24, 2.45) is 5.41 Å².